The van der Waals surface area contributed by atoms with E-state index in [1.54, 1.807) is 20.8 Å². The monoisotopic (exact) mass is 961 g/mol. The third-order valence-electron chi connectivity index (χ3n) is 13.1. The highest BCUT2D eigenvalue weighted by Crippen LogP contribution is 2.44. The van der Waals surface area contributed by atoms with Crippen LogP contribution in [0.4, 0.5) is 16.2 Å². The lowest BCUT2D eigenvalue weighted by Crippen LogP contribution is -2.54. The van der Waals surface area contributed by atoms with E-state index in [0.29, 0.717) is 57.0 Å². The number of nitrogens with two attached hydrogens (primary N) is 1. The molecule has 4 N–H and O–H groups in total. The normalized spacial score (nSPS) is 22.4. The first-order chi connectivity index (χ1) is 31.0. The van der Waals surface area contributed by atoms with Gasteiger partial charge in [0, 0.05) is 69.7 Å². The molecule has 2 aromatic carbocycles. The average molecular weight is 961 g/mol. The second-order valence-electron chi connectivity index (χ2n) is 21.0. The van der Waals surface area contributed by atoms with Crippen LogP contribution in [0.25, 0.3) is 0 Å². The van der Waals surface area contributed by atoms with Crippen molar-refractivity contribution in [2.24, 2.45) is 28.4 Å². The Kier molecular flexibility index (Phi) is 18.5. The van der Waals surface area contributed by atoms with Crippen molar-refractivity contribution in [1.82, 2.24) is 15.5 Å². The van der Waals surface area contributed by atoms with E-state index >= 15 is 0 Å². The zero-order valence-corrected chi connectivity index (χ0v) is 42.6. The van der Waals surface area contributed by atoms with E-state index in [1.165, 1.54) is 12.1 Å². The molecule has 17 heteroatoms. The highest BCUT2D eigenvalue weighted by molar-refractivity contribution is 7.91. The number of sulfone groups is 2. The molecule has 0 saturated carbocycles. The molecule has 372 valence electrons. The van der Waals surface area contributed by atoms with Crippen LogP contribution in [-0.2, 0) is 29.2 Å². The minimum Gasteiger partial charge on any atom is -0.494 e. The summed E-state index contributed by atoms with van der Waals surface area (Å²) in [4.78, 5) is 31.2. The second kappa shape index (κ2) is 23.0. The maximum absolute atomic E-state index is 12.5. The first kappa shape index (κ1) is 53.2. The van der Waals surface area contributed by atoms with Crippen molar-refractivity contribution in [1.29, 1.82) is 0 Å². The van der Waals surface area contributed by atoms with Crippen molar-refractivity contribution in [2.45, 2.75) is 112 Å². The van der Waals surface area contributed by atoms with Crippen LogP contribution in [0, 0.1) is 22.7 Å². The molecule has 6 fully saturated rings. The quantitative estimate of drug-likeness (QED) is 0.111. The summed E-state index contributed by atoms with van der Waals surface area (Å²) in [7, 11) is -6.30. The van der Waals surface area contributed by atoms with Crippen molar-refractivity contribution in [3.63, 3.8) is 0 Å². The summed E-state index contributed by atoms with van der Waals surface area (Å²) in [5.41, 5.74) is 7.51. The van der Waals surface area contributed by atoms with Crippen LogP contribution < -0.4 is 35.6 Å². The van der Waals surface area contributed by atoms with Gasteiger partial charge in [-0.2, -0.15) is 0 Å². The van der Waals surface area contributed by atoms with Crippen LogP contribution in [-0.4, -0.2) is 140 Å². The first-order valence-corrected chi connectivity index (χ1v) is 27.7. The molecule has 4 atom stereocenters. The van der Waals surface area contributed by atoms with E-state index in [-0.39, 0.29) is 71.3 Å². The Hall–Kier alpha value is -3.80. The number of urea groups is 1. The number of anilines is 2. The van der Waals surface area contributed by atoms with Gasteiger partial charge < -0.3 is 45.3 Å². The Morgan fingerprint density at radius 2 is 1.21 bits per heavy atom. The van der Waals surface area contributed by atoms with Gasteiger partial charge in [-0.15, -0.1) is 0 Å². The summed E-state index contributed by atoms with van der Waals surface area (Å²) in [6.07, 6.45) is 3.64. The van der Waals surface area contributed by atoms with E-state index in [1.807, 2.05) is 36.1 Å². The molecule has 6 saturated heterocycles. The molecule has 6 aliphatic heterocycles. The number of ether oxygens (including phenoxy) is 3. The van der Waals surface area contributed by atoms with E-state index in [9.17, 15) is 26.4 Å². The van der Waals surface area contributed by atoms with Crippen LogP contribution in [0.3, 0.4) is 0 Å². The summed E-state index contributed by atoms with van der Waals surface area (Å²) < 4.78 is 64.7. The maximum Gasteiger partial charge on any atom is 0.317 e. The summed E-state index contributed by atoms with van der Waals surface area (Å²) >= 11 is 0. The summed E-state index contributed by atoms with van der Waals surface area (Å²) in [5, 5.41) is 6.56. The molecule has 0 radical (unpaired) electrons. The molecule has 4 bridgehead atoms. The topological polar surface area (TPSA) is 190 Å². The number of nitrogens with zero attached hydrogens (tertiary/aromatic N) is 3. The number of fused-ring (bicyclic) bond motifs is 8. The van der Waals surface area contributed by atoms with Gasteiger partial charge in [-0.05, 0) is 138 Å². The molecule has 6 aliphatic rings. The van der Waals surface area contributed by atoms with Crippen molar-refractivity contribution in [2.75, 3.05) is 98.4 Å². The van der Waals surface area contributed by atoms with Crippen LogP contribution in [0.2, 0.25) is 0 Å². The minimum absolute atomic E-state index is 0.00978. The largest absolute Gasteiger partial charge is 0.494 e. The number of rotatable bonds is 19. The van der Waals surface area contributed by atoms with Crippen molar-refractivity contribution >= 4 is 43.0 Å². The SMILES string of the molecule is CC(C)(C)OC(=O)CCCS(=O)(=O)CCCOc1ccc(N2C[C@H]3CNC[C@@H]2C(C)(C)C3)cc1.CCNC(=O)N1C[C@@H]2CN(c3ccc(OCCCS(=O)(=O)CCN)cc3)[C@H](C1)C(C)(C)C2. The van der Waals surface area contributed by atoms with Crippen molar-refractivity contribution in [3.8, 4) is 11.5 Å². The molecule has 66 heavy (non-hydrogen) atoms. The van der Waals surface area contributed by atoms with Gasteiger partial charge in [-0.1, -0.05) is 27.7 Å². The number of nitrogens with one attached hydrogen (secondary N) is 2. The third kappa shape index (κ3) is 15.9. The Bertz CT molecular complexity index is 2090. The molecular formula is C49H80N6O9S2. The van der Waals surface area contributed by atoms with Gasteiger partial charge >= 0.3 is 12.0 Å². The van der Waals surface area contributed by atoms with E-state index in [2.05, 4.69) is 72.4 Å². The smallest absolute Gasteiger partial charge is 0.317 e. The maximum atomic E-state index is 12.5. The number of carbonyl (C=O) groups is 2. The highest BCUT2D eigenvalue weighted by Gasteiger charge is 2.47. The van der Waals surface area contributed by atoms with Crippen LogP contribution in [0.1, 0.15) is 93.9 Å². The molecule has 0 aromatic heterocycles. The number of benzene rings is 2. The van der Waals surface area contributed by atoms with E-state index in [4.69, 9.17) is 19.9 Å². The molecule has 6 heterocycles. The summed E-state index contributed by atoms with van der Waals surface area (Å²) in [5.74, 6) is 2.37. The Morgan fingerprint density at radius 3 is 1.76 bits per heavy atom. The van der Waals surface area contributed by atoms with Crippen LogP contribution in [0.15, 0.2) is 48.5 Å². The lowest BCUT2D eigenvalue weighted by molar-refractivity contribution is -0.154. The first-order valence-electron chi connectivity index (χ1n) is 24.0. The van der Waals surface area contributed by atoms with Crippen LogP contribution in [0.5, 0.6) is 11.5 Å². The summed E-state index contributed by atoms with van der Waals surface area (Å²) in [6, 6.07) is 16.9. The minimum atomic E-state index is -3.22. The number of carbonyl (C=O) groups excluding carboxylic acids is 2. The standard InChI is InChI=1S/C26H42N2O5S.C23H38N4O4S/c1-25(2,3)33-24(29)8-6-14-34(30,31)15-7-13-32-22-11-9-21(10-12-22)28-19-20-16-26(4,5)23(28)18-27-17-20;1-4-25-22(28)26-15-18-14-23(2,3)21(17-26)27(16-18)19-6-8-20(9-7-19)31-11-5-12-32(29,30)13-10-24/h9-12,20,23,27H,6-8,13-19H2,1-5H3;6-9,18,21H,4-5,10-17,24H2,1-3H3,(H,25,28)/t20-,23-;18-,21-/m11/s1. The van der Waals surface area contributed by atoms with Gasteiger partial charge in [0.2, 0.25) is 0 Å². The van der Waals surface area contributed by atoms with Gasteiger partial charge in [0.05, 0.1) is 42.3 Å². The van der Waals surface area contributed by atoms with Crippen LogP contribution >= 0.6 is 0 Å². The van der Waals surface area contributed by atoms with E-state index < -0.39 is 25.3 Å². The average Bonchev–Trinajstić information content (AvgIpc) is 3.67. The Labute approximate surface area is 396 Å². The zero-order valence-electron chi connectivity index (χ0n) is 41.0. The predicted octanol–water partition coefficient (Wildman–Crippen LogP) is 5.91. The number of piperidine rings is 2. The molecule has 15 nitrogen and oxygen atoms in total. The Balaban J connectivity index is 0.000000248. The Morgan fingerprint density at radius 1 is 0.712 bits per heavy atom. The fourth-order valence-corrected chi connectivity index (χ4v) is 12.6. The van der Waals surface area contributed by atoms with Gasteiger partial charge in [-0.3, -0.25) is 4.79 Å². The van der Waals surface area contributed by atoms with Gasteiger partial charge in [0.15, 0.2) is 9.84 Å². The molecule has 0 aliphatic carbocycles. The third-order valence-corrected chi connectivity index (χ3v) is 16.7. The van der Waals surface area contributed by atoms with E-state index in [0.717, 1.165) is 56.3 Å². The molecule has 2 aromatic rings. The number of esters is 1. The van der Waals surface area contributed by atoms with Gasteiger partial charge in [0.25, 0.3) is 0 Å². The lowest BCUT2D eigenvalue weighted by Gasteiger charge is -2.48. The summed E-state index contributed by atoms with van der Waals surface area (Å²) in [6.45, 7) is 23.8. The molecule has 8 rings (SSSR count). The van der Waals surface area contributed by atoms with Gasteiger partial charge in [0.1, 0.15) is 26.9 Å². The highest BCUT2D eigenvalue weighted by atomic mass is 32.2. The number of hydrogen-bond acceptors (Lipinski definition) is 13. The fraction of sp³-hybridized carbons (Fsp3) is 0.714. The van der Waals surface area contributed by atoms with Gasteiger partial charge in [-0.25, -0.2) is 21.6 Å². The number of hydrogen-bond donors (Lipinski definition) is 3. The predicted molar refractivity (Wildman–Crippen MR) is 264 cm³/mol. The molecular weight excluding hydrogens is 881 g/mol. The molecule has 0 spiro atoms. The van der Waals surface area contributed by atoms with Crippen molar-refractivity contribution < 1.29 is 40.6 Å². The fourth-order valence-electron chi connectivity index (χ4n) is 10.2. The van der Waals surface area contributed by atoms with Crippen molar-refractivity contribution in [3.05, 3.63) is 48.5 Å². The molecule has 2 amide bonds. The zero-order chi connectivity index (χ0) is 48.3. The molecule has 0 unspecified atom stereocenters. The number of amides is 2. The second-order valence-corrected chi connectivity index (χ2v) is 25.6. The lowest BCUT2D eigenvalue weighted by atomic mass is 9.73.